The molecule has 0 amide bonds. The Labute approximate surface area is 172 Å². The molecule has 0 spiro atoms. The minimum atomic E-state index is -0.815. The highest BCUT2D eigenvalue weighted by molar-refractivity contribution is 6.64. The smallest absolute Gasteiger partial charge is 0.0607 e. The maximum atomic E-state index is 2.48. The third kappa shape index (κ3) is 2.97. The largest absolute Gasteiger partial charge is 0.0748 e. The molecule has 0 aromatic heterocycles. The maximum absolute atomic E-state index is 2.48. The average Bonchev–Trinajstić information content (AvgIpc) is 2.98. The number of benzene rings is 1. The second-order valence-electron chi connectivity index (χ2n) is 8.90. The molecule has 3 unspecified atom stereocenters. The van der Waals surface area contributed by atoms with Crippen molar-refractivity contribution in [2.24, 2.45) is 11.8 Å². The Hall–Kier alpha value is -2.12. The minimum absolute atomic E-state index is 0.344. The lowest BCUT2D eigenvalue weighted by molar-refractivity contribution is 0.718. The van der Waals surface area contributed by atoms with Crippen LogP contribution in [-0.2, 0) is 0 Å². The molecule has 1 heteroatoms. The van der Waals surface area contributed by atoms with Crippen LogP contribution in [0, 0.1) is 11.8 Å². The summed E-state index contributed by atoms with van der Waals surface area (Å²) in [6, 6.07) is 10.9. The normalized spacial score (nSPS) is 27.1. The molecule has 3 aliphatic carbocycles. The van der Waals surface area contributed by atoms with E-state index in [1.165, 1.54) is 22.3 Å². The molecule has 28 heavy (non-hydrogen) atoms. The first kappa shape index (κ1) is 19.2. The number of hydrogen-bond donors (Lipinski definition) is 0. The molecule has 3 aliphatic rings. The number of hydrogen-bond acceptors (Lipinski definition) is 0. The highest BCUT2D eigenvalue weighted by atomic mass is 28.3. The molecule has 0 heterocycles. The molecule has 1 aromatic carbocycles. The minimum Gasteiger partial charge on any atom is -0.0748 e. The number of rotatable bonds is 3. The van der Waals surface area contributed by atoms with Gasteiger partial charge in [0.15, 0.2) is 0 Å². The number of allylic oxidation sites excluding steroid dienone is 12. The SMILES string of the molecule is CC1=CC2=C(C=CC=CC2c2ccccc2)C1C1=C(C)C(C)=C([SiH](C)C)C1C. The van der Waals surface area contributed by atoms with Gasteiger partial charge in [0.25, 0.3) is 0 Å². The van der Waals surface area contributed by atoms with Gasteiger partial charge in [-0.3, -0.25) is 0 Å². The van der Waals surface area contributed by atoms with Crippen molar-refractivity contribution in [3.8, 4) is 0 Å². The Bertz CT molecular complexity index is 976. The second kappa shape index (κ2) is 7.37. The zero-order valence-corrected chi connectivity index (χ0v) is 19.2. The van der Waals surface area contributed by atoms with Crippen LogP contribution in [-0.4, -0.2) is 8.80 Å². The van der Waals surface area contributed by atoms with Crippen LogP contribution in [0.1, 0.15) is 39.2 Å². The third-order valence-electron chi connectivity index (χ3n) is 6.96. The fourth-order valence-electron chi connectivity index (χ4n) is 5.74. The third-order valence-corrected chi connectivity index (χ3v) is 9.14. The van der Waals surface area contributed by atoms with Crippen LogP contribution < -0.4 is 0 Å². The topological polar surface area (TPSA) is 0 Å². The summed E-state index contributed by atoms with van der Waals surface area (Å²) < 4.78 is 0. The van der Waals surface area contributed by atoms with Crippen LogP contribution in [0.3, 0.4) is 0 Å². The van der Waals surface area contributed by atoms with Crippen LogP contribution in [0.2, 0.25) is 13.1 Å². The zero-order valence-electron chi connectivity index (χ0n) is 18.1. The van der Waals surface area contributed by atoms with E-state index in [2.05, 4.69) is 102 Å². The fraction of sp³-hybridized carbons (Fsp3) is 0.333. The van der Waals surface area contributed by atoms with E-state index in [0.717, 1.165) is 0 Å². The molecule has 0 aliphatic heterocycles. The first-order valence-electron chi connectivity index (χ1n) is 10.7. The van der Waals surface area contributed by atoms with Gasteiger partial charge in [0.1, 0.15) is 0 Å². The van der Waals surface area contributed by atoms with Crippen LogP contribution in [0.25, 0.3) is 0 Å². The fourth-order valence-corrected chi connectivity index (χ4v) is 8.00. The van der Waals surface area contributed by atoms with Crippen LogP contribution >= 0.6 is 0 Å². The van der Waals surface area contributed by atoms with Crippen molar-refractivity contribution < 1.29 is 0 Å². The van der Waals surface area contributed by atoms with Crippen molar-refractivity contribution in [3.05, 3.63) is 105 Å². The summed E-state index contributed by atoms with van der Waals surface area (Å²) >= 11 is 0. The van der Waals surface area contributed by atoms with Crippen LogP contribution in [0.15, 0.2) is 99.3 Å². The molecule has 0 fully saturated rings. The summed E-state index contributed by atoms with van der Waals surface area (Å²) in [4.78, 5) is 0. The van der Waals surface area contributed by atoms with Crippen LogP contribution in [0.4, 0.5) is 0 Å². The Kier molecular flexibility index (Phi) is 5.05. The molecule has 0 saturated heterocycles. The van der Waals surface area contributed by atoms with Crippen molar-refractivity contribution in [3.63, 3.8) is 0 Å². The molecular weight excluding hydrogens is 352 g/mol. The monoisotopic (exact) mass is 384 g/mol. The van der Waals surface area contributed by atoms with Gasteiger partial charge in [0, 0.05) is 11.8 Å². The Morgan fingerprint density at radius 3 is 2.21 bits per heavy atom. The molecule has 3 atom stereocenters. The van der Waals surface area contributed by atoms with E-state index >= 15 is 0 Å². The van der Waals surface area contributed by atoms with E-state index in [1.54, 1.807) is 21.9 Å². The van der Waals surface area contributed by atoms with Gasteiger partial charge in [-0.05, 0) is 54.5 Å². The highest BCUT2D eigenvalue weighted by Crippen LogP contribution is 2.51. The van der Waals surface area contributed by atoms with Gasteiger partial charge in [-0.15, -0.1) is 0 Å². The van der Waals surface area contributed by atoms with Crippen LogP contribution in [0.5, 0.6) is 0 Å². The van der Waals surface area contributed by atoms with E-state index in [1.807, 2.05) is 0 Å². The van der Waals surface area contributed by atoms with Crippen molar-refractivity contribution in [2.75, 3.05) is 0 Å². The van der Waals surface area contributed by atoms with E-state index in [4.69, 9.17) is 0 Å². The van der Waals surface area contributed by atoms with Crippen molar-refractivity contribution >= 4 is 8.80 Å². The van der Waals surface area contributed by atoms with Gasteiger partial charge in [-0.2, -0.15) is 0 Å². The summed E-state index contributed by atoms with van der Waals surface area (Å²) in [6.45, 7) is 14.5. The average molecular weight is 385 g/mol. The van der Waals surface area contributed by atoms with Crippen molar-refractivity contribution in [1.82, 2.24) is 0 Å². The lowest BCUT2D eigenvalue weighted by atomic mass is 9.80. The Morgan fingerprint density at radius 1 is 0.857 bits per heavy atom. The summed E-state index contributed by atoms with van der Waals surface area (Å²) in [5, 5.41) is 1.77. The lowest BCUT2D eigenvalue weighted by Crippen LogP contribution is -2.18. The van der Waals surface area contributed by atoms with E-state index in [0.29, 0.717) is 17.8 Å². The van der Waals surface area contributed by atoms with Gasteiger partial charge in [0.05, 0.1) is 8.80 Å². The maximum Gasteiger partial charge on any atom is 0.0607 e. The lowest BCUT2D eigenvalue weighted by Gasteiger charge is -2.26. The predicted molar refractivity (Wildman–Crippen MR) is 125 cm³/mol. The Balaban J connectivity index is 1.81. The predicted octanol–water partition coefficient (Wildman–Crippen LogP) is 7.08. The molecule has 0 saturated carbocycles. The summed E-state index contributed by atoms with van der Waals surface area (Å²) in [5.74, 6) is 1.37. The molecule has 0 N–H and O–H groups in total. The molecule has 144 valence electrons. The summed E-state index contributed by atoms with van der Waals surface area (Å²) in [6.07, 6.45) is 11.7. The van der Waals surface area contributed by atoms with Gasteiger partial charge in [-0.25, -0.2) is 0 Å². The second-order valence-corrected chi connectivity index (χ2v) is 11.8. The first-order chi connectivity index (χ1) is 13.4. The quantitative estimate of drug-likeness (QED) is 0.489. The standard InChI is InChI=1S/C27H32Si/c1-17-16-24-22(21-12-8-7-9-13-21)14-10-11-15-23(24)25(17)26-18(2)19(3)27(20(26)4)28(5)6/h7-16,20,22,25,28H,1-6H3. The molecule has 4 rings (SSSR count). The van der Waals surface area contributed by atoms with Crippen molar-refractivity contribution in [1.29, 1.82) is 0 Å². The van der Waals surface area contributed by atoms with Crippen molar-refractivity contribution in [2.45, 2.75) is 46.7 Å². The van der Waals surface area contributed by atoms with Gasteiger partial charge in [-0.1, -0.05) is 97.1 Å². The van der Waals surface area contributed by atoms with Gasteiger partial charge in [0.2, 0.25) is 0 Å². The molecular formula is C27H32Si. The Morgan fingerprint density at radius 2 is 1.57 bits per heavy atom. The van der Waals surface area contributed by atoms with Gasteiger partial charge >= 0.3 is 0 Å². The summed E-state index contributed by atoms with van der Waals surface area (Å²) in [7, 11) is -0.815. The first-order valence-corrected chi connectivity index (χ1v) is 13.5. The summed E-state index contributed by atoms with van der Waals surface area (Å²) in [5.41, 5.74) is 10.7. The zero-order chi connectivity index (χ0) is 20.0. The molecule has 0 nitrogen and oxygen atoms in total. The van der Waals surface area contributed by atoms with E-state index in [9.17, 15) is 0 Å². The molecule has 1 aromatic rings. The van der Waals surface area contributed by atoms with E-state index in [-0.39, 0.29) is 0 Å². The molecule has 0 radical (unpaired) electrons. The molecule has 0 bridgehead atoms. The highest BCUT2D eigenvalue weighted by Gasteiger charge is 2.38. The van der Waals surface area contributed by atoms with E-state index < -0.39 is 8.80 Å². The van der Waals surface area contributed by atoms with Gasteiger partial charge < -0.3 is 0 Å².